The fourth-order valence-corrected chi connectivity index (χ4v) is 5.32. The molecule has 12 heteroatoms. The molecule has 1 aromatic heterocycles. The number of anilines is 3. The summed E-state index contributed by atoms with van der Waals surface area (Å²) in [4.78, 5) is 30.9. The van der Waals surface area contributed by atoms with Crippen LogP contribution in [0.2, 0.25) is 0 Å². The van der Waals surface area contributed by atoms with Crippen LogP contribution in [0.4, 0.5) is 16.5 Å². The molecule has 2 aromatic carbocycles. The second-order valence-electron chi connectivity index (χ2n) is 7.40. The molecule has 2 N–H and O–H groups in total. The Kier molecular flexibility index (Phi) is 6.70. The molecule has 0 spiro atoms. The second-order valence-corrected chi connectivity index (χ2v) is 9.98. The molecule has 34 heavy (non-hydrogen) atoms. The van der Waals surface area contributed by atoms with E-state index in [4.69, 9.17) is 9.47 Å². The monoisotopic (exact) mass is 502 g/mol. The van der Waals surface area contributed by atoms with E-state index in [-0.39, 0.29) is 34.8 Å². The zero-order valence-corrected chi connectivity index (χ0v) is 20.0. The summed E-state index contributed by atoms with van der Waals surface area (Å²) in [7, 11) is -0.752. The van der Waals surface area contributed by atoms with E-state index in [9.17, 15) is 18.0 Å². The number of methoxy groups -OCH3 is 2. The van der Waals surface area contributed by atoms with Crippen molar-refractivity contribution in [3.8, 4) is 11.5 Å². The molecule has 10 nitrogen and oxygen atoms in total. The summed E-state index contributed by atoms with van der Waals surface area (Å²) in [5, 5.41) is 4.68. The Balaban J connectivity index is 1.42. The third-order valence-electron chi connectivity index (χ3n) is 5.26. The minimum Gasteiger partial charge on any atom is -0.497 e. The first-order valence-electron chi connectivity index (χ1n) is 10.2. The maximum Gasteiger partial charge on any atom is 0.263 e. The lowest BCUT2D eigenvalue weighted by Crippen LogP contribution is -2.28. The zero-order valence-electron chi connectivity index (χ0n) is 18.3. The first-order valence-corrected chi connectivity index (χ1v) is 12.5. The summed E-state index contributed by atoms with van der Waals surface area (Å²) in [6, 6.07) is 10.9. The van der Waals surface area contributed by atoms with Gasteiger partial charge in [-0.2, -0.15) is 0 Å². The highest BCUT2D eigenvalue weighted by atomic mass is 32.2. The number of rotatable bonds is 8. The van der Waals surface area contributed by atoms with Crippen molar-refractivity contribution < 1.29 is 27.5 Å². The van der Waals surface area contributed by atoms with E-state index in [1.54, 1.807) is 23.6 Å². The lowest BCUT2D eigenvalue weighted by Gasteiger charge is -2.20. The van der Waals surface area contributed by atoms with Crippen molar-refractivity contribution in [3.05, 3.63) is 54.0 Å². The predicted octanol–water partition coefficient (Wildman–Crippen LogP) is 2.95. The lowest BCUT2D eigenvalue weighted by molar-refractivity contribution is -0.122. The van der Waals surface area contributed by atoms with Gasteiger partial charge in [-0.3, -0.25) is 14.3 Å². The molecule has 2 heterocycles. The highest BCUT2D eigenvalue weighted by Crippen LogP contribution is 2.36. The fraction of sp³-hybridized carbons (Fsp3) is 0.227. The lowest BCUT2D eigenvalue weighted by atomic mass is 10.1. The maximum atomic E-state index is 12.8. The average molecular weight is 503 g/mol. The first kappa shape index (κ1) is 23.5. The molecular formula is C22H22N4O6S2. The van der Waals surface area contributed by atoms with Gasteiger partial charge in [0.2, 0.25) is 11.8 Å². The highest BCUT2D eigenvalue weighted by Gasteiger charge is 2.36. The topological polar surface area (TPSA) is 127 Å². The van der Waals surface area contributed by atoms with Gasteiger partial charge in [0, 0.05) is 36.3 Å². The standard InChI is InChI=1S/C22H22N4O6S2/c1-31-16-5-8-18(19(12-16)32-2)26-13-14(11-20(26)27)21(28)24-15-3-6-17(7-4-15)34(29,30)25-22-23-9-10-33-22/h3-10,12,14H,11,13H2,1-2H3,(H,23,25)(H,24,28)/t14-/m0/s1. The summed E-state index contributed by atoms with van der Waals surface area (Å²) in [6.07, 6.45) is 1.55. The SMILES string of the molecule is COc1ccc(N2C[C@@H](C(=O)Nc3ccc(S(=O)(=O)Nc4nccs4)cc3)CC2=O)c(OC)c1. The van der Waals surface area contributed by atoms with Crippen molar-refractivity contribution in [1.82, 2.24) is 4.98 Å². The molecule has 4 rings (SSSR count). The molecule has 3 aromatic rings. The summed E-state index contributed by atoms with van der Waals surface area (Å²) in [5.74, 6) is -0.0433. The number of ether oxygens (including phenoxy) is 2. The van der Waals surface area contributed by atoms with Crippen molar-refractivity contribution in [2.45, 2.75) is 11.3 Å². The summed E-state index contributed by atoms with van der Waals surface area (Å²) < 4.78 is 37.9. The Morgan fingerprint density at radius 2 is 1.91 bits per heavy atom. The van der Waals surface area contributed by atoms with E-state index in [0.717, 1.165) is 0 Å². The largest absolute Gasteiger partial charge is 0.497 e. The molecule has 1 saturated heterocycles. The highest BCUT2D eigenvalue weighted by molar-refractivity contribution is 7.93. The van der Waals surface area contributed by atoms with Crippen LogP contribution in [0.3, 0.4) is 0 Å². The molecule has 0 aliphatic carbocycles. The van der Waals surface area contributed by atoms with Gasteiger partial charge in [0.25, 0.3) is 10.0 Å². The molecule has 1 aliphatic rings. The van der Waals surface area contributed by atoms with E-state index in [1.165, 1.54) is 60.9 Å². The smallest absolute Gasteiger partial charge is 0.263 e. The number of hydrogen-bond acceptors (Lipinski definition) is 8. The van der Waals surface area contributed by atoms with Crippen LogP contribution in [0.5, 0.6) is 11.5 Å². The Bertz CT molecular complexity index is 1290. The van der Waals surface area contributed by atoms with Gasteiger partial charge < -0.3 is 19.7 Å². The van der Waals surface area contributed by atoms with E-state index >= 15 is 0 Å². The second kappa shape index (κ2) is 9.69. The van der Waals surface area contributed by atoms with Crippen LogP contribution in [0.15, 0.2) is 58.9 Å². The van der Waals surface area contributed by atoms with Crippen molar-refractivity contribution in [1.29, 1.82) is 0 Å². The van der Waals surface area contributed by atoms with Crippen LogP contribution in [0.25, 0.3) is 0 Å². The van der Waals surface area contributed by atoms with Gasteiger partial charge in [0.1, 0.15) is 11.5 Å². The van der Waals surface area contributed by atoms with Crippen LogP contribution in [-0.4, -0.2) is 46.0 Å². The number of nitrogens with one attached hydrogen (secondary N) is 2. The van der Waals surface area contributed by atoms with E-state index < -0.39 is 15.9 Å². The fourth-order valence-electron chi connectivity index (χ4n) is 3.53. The summed E-state index contributed by atoms with van der Waals surface area (Å²) >= 11 is 1.17. The minimum atomic E-state index is -3.79. The number of thiazole rings is 1. The number of aromatic nitrogens is 1. The molecule has 178 valence electrons. The first-order chi connectivity index (χ1) is 16.3. The Labute approximate surface area is 200 Å². The van der Waals surface area contributed by atoms with Crippen LogP contribution in [0.1, 0.15) is 6.42 Å². The number of nitrogens with zero attached hydrogens (tertiary/aromatic N) is 2. The molecule has 0 bridgehead atoms. The number of benzene rings is 2. The number of sulfonamides is 1. The number of amides is 2. The van der Waals surface area contributed by atoms with Gasteiger partial charge >= 0.3 is 0 Å². The third-order valence-corrected chi connectivity index (χ3v) is 7.43. The molecule has 0 radical (unpaired) electrons. The molecule has 2 amide bonds. The van der Waals surface area contributed by atoms with Crippen molar-refractivity contribution in [2.75, 3.05) is 35.7 Å². The average Bonchev–Trinajstić information content (AvgIpc) is 3.48. The van der Waals surface area contributed by atoms with E-state index in [2.05, 4.69) is 15.0 Å². The van der Waals surface area contributed by atoms with Crippen LogP contribution >= 0.6 is 11.3 Å². The van der Waals surface area contributed by atoms with Crippen LogP contribution in [0, 0.1) is 5.92 Å². The Morgan fingerprint density at radius 1 is 1.15 bits per heavy atom. The van der Waals surface area contributed by atoms with Crippen LogP contribution < -0.4 is 24.4 Å². The molecular weight excluding hydrogens is 480 g/mol. The zero-order chi connectivity index (χ0) is 24.3. The van der Waals surface area contributed by atoms with Gasteiger partial charge in [-0.05, 0) is 36.4 Å². The van der Waals surface area contributed by atoms with Gasteiger partial charge in [-0.1, -0.05) is 0 Å². The summed E-state index contributed by atoms with van der Waals surface area (Å²) in [6.45, 7) is 0.192. The van der Waals surface area contributed by atoms with Crippen molar-refractivity contribution in [3.63, 3.8) is 0 Å². The van der Waals surface area contributed by atoms with Gasteiger partial charge in [-0.25, -0.2) is 13.4 Å². The predicted molar refractivity (Wildman–Crippen MR) is 128 cm³/mol. The van der Waals surface area contributed by atoms with Crippen molar-refractivity contribution >= 4 is 49.7 Å². The van der Waals surface area contributed by atoms with E-state index in [0.29, 0.717) is 22.9 Å². The summed E-state index contributed by atoms with van der Waals surface area (Å²) in [5.41, 5.74) is 0.983. The number of carbonyl (C=O) groups excluding carboxylic acids is 2. The van der Waals surface area contributed by atoms with E-state index in [1.807, 2.05) is 0 Å². The van der Waals surface area contributed by atoms with Crippen molar-refractivity contribution in [2.24, 2.45) is 5.92 Å². The molecule has 1 fully saturated rings. The van der Waals surface area contributed by atoms with Gasteiger partial charge in [0.15, 0.2) is 5.13 Å². The normalized spacial score (nSPS) is 15.8. The Morgan fingerprint density at radius 3 is 2.56 bits per heavy atom. The van der Waals surface area contributed by atoms with Gasteiger partial charge in [-0.15, -0.1) is 11.3 Å². The number of hydrogen-bond donors (Lipinski definition) is 2. The quantitative estimate of drug-likeness (QED) is 0.485. The molecule has 1 aliphatic heterocycles. The molecule has 0 saturated carbocycles. The van der Waals surface area contributed by atoms with Gasteiger partial charge in [0.05, 0.1) is 30.7 Å². The Hall–Kier alpha value is -3.64. The molecule has 1 atom stereocenters. The van der Waals surface area contributed by atoms with Crippen LogP contribution in [-0.2, 0) is 19.6 Å². The third kappa shape index (κ3) is 4.97. The number of carbonyl (C=O) groups is 2. The maximum absolute atomic E-state index is 12.8. The molecule has 0 unspecified atom stereocenters. The minimum absolute atomic E-state index is 0.0366.